The standard InChI is InChI=1S/C12H13N3O2S/c1-17-12(16)9-2-3-10-13-14-11(15(9)10)6-8-4-5-18-7-8/h4-5,7,9H,2-3,6H2,1H3. The average Bonchev–Trinajstić information content (AvgIpc) is 3.07. The third-order valence-corrected chi connectivity index (χ3v) is 3.94. The van der Waals surface area contributed by atoms with E-state index in [-0.39, 0.29) is 12.0 Å². The van der Waals surface area contributed by atoms with Crippen molar-refractivity contribution >= 4 is 17.3 Å². The molecule has 3 heterocycles. The first kappa shape index (κ1) is 11.4. The lowest BCUT2D eigenvalue weighted by Crippen LogP contribution is -2.19. The van der Waals surface area contributed by atoms with Crippen molar-refractivity contribution in [1.29, 1.82) is 0 Å². The Hall–Kier alpha value is -1.69. The Kier molecular flexibility index (Phi) is 2.87. The lowest BCUT2D eigenvalue weighted by molar-refractivity contribution is -0.144. The number of hydrogen-bond donors (Lipinski definition) is 0. The minimum absolute atomic E-state index is 0.208. The molecule has 2 aromatic heterocycles. The van der Waals surface area contributed by atoms with E-state index in [0.29, 0.717) is 6.42 Å². The second kappa shape index (κ2) is 4.53. The van der Waals surface area contributed by atoms with Gasteiger partial charge in [0.25, 0.3) is 0 Å². The molecule has 0 fully saturated rings. The highest BCUT2D eigenvalue weighted by Gasteiger charge is 2.32. The lowest BCUT2D eigenvalue weighted by Gasteiger charge is -2.12. The first-order chi connectivity index (χ1) is 8.79. The molecule has 2 aromatic rings. The van der Waals surface area contributed by atoms with Crippen molar-refractivity contribution in [3.63, 3.8) is 0 Å². The zero-order chi connectivity index (χ0) is 12.5. The first-order valence-corrected chi connectivity index (χ1v) is 6.75. The second-order valence-corrected chi connectivity index (χ2v) is 5.07. The lowest BCUT2D eigenvalue weighted by atomic mass is 10.2. The largest absolute Gasteiger partial charge is 0.467 e. The number of aromatic nitrogens is 3. The van der Waals surface area contributed by atoms with Crippen LogP contribution in [-0.2, 0) is 22.4 Å². The average molecular weight is 263 g/mol. The van der Waals surface area contributed by atoms with E-state index in [4.69, 9.17) is 4.74 Å². The summed E-state index contributed by atoms with van der Waals surface area (Å²) in [4.78, 5) is 11.7. The van der Waals surface area contributed by atoms with Crippen LogP contribution in [0.3, 0.4) is 0 Å². The van der Waals surface area contributed by atoms with Gasteiger partial charge < -0.3 is 9.30 Å². The Bertz CT molecular complexity index is 562. The molecule has 1 atom stereocenters. The predicted octanol–water partition coefficient (Wildman–Crippen LogP) is 1.59. The van der Waals surface area contributed by atoms with Crippen LogP contribution in [0, 0.1) is 0 Å². The summed E-state index contributed by atoms with van der Waals surface area (Å²) in [6.45, 7) is 0. The fourth-order valence-corrected chi connectivity index (χ4v) is 3.01. The molecule has 1 aliphatic rings. The highest BCUT2D eigenvalue weighted by atomic mass is 32.1. The van der Waals surface area contributed by atoms with E-state index >= 15 is 0 Å². The van der Waals surface area contributed by atoms with Crippen molar-refractivity contribution in [1.82, 2.24) is 14.8 Å². The monoisotopic (exact) mass is 263 g/mol. The van der Waals surface area contributed by atoms with Gasteiger partial charge in [-0.25, -0.2) is 4.79 Å². The van der Waals surface area contributed by atoms with Gasteiger partial charge >= 0.3 is 5.97 Å². The molecule has 94 valence electrons. The van der Waals surface area contributed by atoms with Crippen molar-refractivity contribution in [2.75, 3.05) is 7.11 Å². The number of carbonyl (C=O) groups excluding carboxylic acids is 1. The number of thiophene rings is 1. The Morgan fingerprint density at radius 3 is 3.22 bits per heavy atom. The molecule has 0 bridgehead atoms. The van der Waals surface area contributed by atoms with E-state index in [1.807, 2.05) is 9.95 Å². The topological polar surface area (TPSA) is 57.0 Å². The van der Waals surface area contributed by atoms with Gasteiger partial charge in [-0.1, -0.05) is 0 Å². The summed E-state index contributed by atoms with van der Waals surface area (Å²) >= 11 is 1.66. The maximum Gasteiger partial charge on any atom is 0.328 e. The molecule has 18 heavy (non-hydrogen) atoms. The Labute approximate surface area is 108 Å². The SMILES string of the molecule is COC(=O)C1CCc2nnc(Cc3ccsc3)n21. The van der Waals surface area contributed by atoms with Crippen molar-refractivity contribution in [3.8, 4) is 0 Å². The summed E-state index contributed by atoms with van der Waals surface area (Å²) in [7, 11) is 1.42. The molecule has 6 heteroatoms. The van der Waals surface area contributed by atoms with Gasteiger partial charge in [-0.15, -0.1) is 10.2 Å². The number of carbonyl (C=O) groups is 1. The van der Waals surface area contributed by atoms with Gasteiger partial charge in [0, 0.05) is 12.8 Å². The number of rotatable bonds is 3. The van der Waals surface area contributed by atoms with E-state index in [2.05, 4.69) is 21.6 Å². The second-order valence-electron chi connectivity index (χ2n) is 4.29. The Balaban J connectivity index is 1.91. The van der Waals surface area contributed by atoms with Crippen molar-refractivity contribution in [2.24, 2.45) is 0 Å². The van der Waals surface area contributed by atoms with Gasteiger partial charge in [0.1, 0.15) is 17.7 Å². The molecule has 0 aromatic carbocycles. The molecule has 0 amide bonds. The minimum Gasteiger partial charge on any atom is -0.467 e. The molecule has 1 unspecified atom stereocenters. The highest BCUT2D eigenvalue weighted by Crippen LogP contribution is 2.28. The van der Waals surface area contributed by atoms with E-state index in [1.54, 1.807) is 11.3 Å². The molecule has 0 radical (unpaired) electrons. The number of hydrogen-bond acceptors (Lipinski definition) is 5. The minimum atomic E-state index is -0.256. The van der Waals surface area contributed by atoms with Crippen LogP contribution in [0.2, 0.25) is 0 Å². The smallest absolute Gasteiger partial charge is 0.328 e. The zero-order valence-corrected chi connectivity index (χ0v) is 10.8. The van der Waals surface area contributed by atoms with Crippen LogP contribution >= 0.6 is 11.3 Å². The highest BCUT2D eigenvalue weighted by molar-refractivity contribution is 7.07. The molecule has 0 N–H and O–H groups in total. The fraction of sp³-hybridized carbons (Fsp3) is 0.417. The summed E-state index contributed by atoms with van der Waals surface area (Å²) in [6.07, 6.45) is 2.26. The molecule has 1 aliphatic heterocycles. The van der Waals surface area contributed by atoms with Gasteiger partial charge in [-0.3, -0.25) is 0 Å². The van der Waals surface area contributed by atoms with Crippen molar-refractivity contribution < 1.29 is 9.53 Å². The summed E-state index contributed by atoms with van der Waals surface area (Å²) in [5.41, 5.74) is 1.20. The number of methoxy groups -OCH3 is 1. The summed E-state index contributed by atoms with van der Waals surface area (Å²) in [5.74, 6) is 1.52. The van der Waals surface area contributed by atoms with Crippen LogP contribution in [0.5, 0.6) is 0 Å². The van der Waals surface area contributed by atoms with Crippen molar-refractivity contribution in [2.45, 2.75) is 25.3 Å². The number of nitrogens with zero attached hydrogens (tertiary/aromatic N) is 3. The fourth-order valence-electron chi connectivity index (χ4n) is 2.34. The zero-order valence-electron chi connectivity index (χ0n) is 10.00. The summed E-state index contributed by atoms with van der Waals surface area (Å²) < 4.78 is 6.77. The van der Waals surface area contributed by atoms with Crippen LogP contribution in [0.15, 0.2) is 16.8 Å². The number of fused-ring (bicyclic) bond motifs is 1. The van der Waals surface area contributed by atoms with Crippen LogP contribution in [0.4, 0.5) is 0 Å². The van der Waals surface area contributed by atoms with Gasteiger partial charge in [0.05, 0.1) is 7.11 Å². The number of ether oxygens (including phenoxy) is 1. The Morgan fingerprint density at radius 2 is 2.50 bits per heavy atom. The van der Waals surface area contributed by atoms with Gasteiger partial charge in [0.15, 0.2) is 0 Å². The third-order valence-electron chi connectivity index (χ3n) is 3.21. The van der Waals surface area contributed by atoms with Crippen LogP contribution in [-0.4, -0.2) is 27.8 Å². The van der Waals surface area contributed by atoms with Gasteiger partial charge in [-0.05, 0) is 28.8 Å². The quantitative estimate of drug-likeness (QED) is 0.789. The normalized spacial score (nSPS) is 17.7. The number of aryl methyl sites for hydroxylation is 1. The summed E-state index contributed by atoms with van der Waals surface area (Å²) in [5, 5.41) is 12.5. The maximum atomic E-state index is 11.7. The van der Waals surface area contributed by atoms with E-state index in [9.17, 15) is 4.79 Å². The molecular weight excluding hydrogens is 250 g/mol. The molecule has 5 nitrogen and oxygen atoms in total. The van der Waals surface area contributed by atoms with Crippen LogP contribution in [0.25, 0.3) is 0 Å². The van der Waals surface area contributed by atoms with Crippen molar-refractivity contribution in [3.05, 3.63) is 34.0 Å². The van der Waals surface area contributed by atoms with E-state index < -0.39 is 0 Å². The number of esters is 1. The van der Waals surface area contributed by atoms with E-state index in [0.717, 1.165) is 24.5 Å². The molecule has 0 spiro atoms. The van der Waals surface area contributed by atoms with Gasteiger partial charge in [-0.2, -0.15) is 11.3 Å². The molecule has 0 saturated carbocycles. The first-order valence-electron chi connectivity index (χ1n) is 5.81. The van der Waals surface area contributed by atoms with Crippen LogP contribution < -0.4 is 0 Å². The van der Waals surface area contributed by atoms with E-state index in [1.165, 1.54) is 12.7 Å². The molecular formula is C12H13N3O2S. The van der Waals surface area contributed by atoms with Gasteiger partial charge in [0.2, 0.25) is 0 Å². The molecule has 0 saturated heterocycles. The summed E-state index contributed by atoms with van der Waals surface area (Å²) in [6, 6.07) is 1.81. The Morgan fingerprint density at radius 1 is 1.61 bits per heavy atom. The maximum absolute atomic E-state index is 11.7. The molecule has 0 aliphatic carbocycles. The molecule has 3 rings (SSSR count). The third kappa shape index (κ3) is 1.82. The predicted molar refractivity (Wildman–Crippen MR) is 66.5 cm³/mol. The van der Waals surface area contributed by atoms with Crippen LogP contribution in [0.1, 0.15) is 29.7 Å².